The van der Waals surface area contributed by atoms with Gasteiger partial charge in [-0.25, -0.2) is 10.4 Å². The first-order valence-corrected chi connectivity index (χ1v) is 11.3. The summed E-state index contributed by atoms with van der Waals surface area (Å²) in [5.41, 5.74) is 10.8. The lowest BCUT2D eigenvalue weighted by Crippen LogP contribution is -2.42. The van der Waals surface area contributed by atoms with Gasteiger partial charge < -0.3 is 5.11 Å². The van der Waals surface area contributed by atoms with E-state index in [0.29, 0.717) is 6.07 Å². The largest absolute Gasteiger partial charge is 0.480 e. The lowest BCUT2D eigenvalue weighted by Gasteiger charge is -2.16. The fourth-order valence-corrected chi connectivity index (χ4v) is 3.86. The molecule has 2 radical (unpaired) electrons. The number of benzene rings is 2. The average Bonchev–Trinajstić information content (AvgIpc) is 3.02. The second kappa shape index (κ2) is 8.24. The first kappa shape index (κ1) is 23.2. The van der Waals surface area contributed by atoms with E-state index < -0.39 is 65.4 Å². The lowest BCUT2D eigenvalue weighted by molar-refractivity contribution is -0.140. The van der Waals surface area contributed by atoms with Crippen molar-refractivity contribution in [2.75, 3.05) is 5.01 Å². The van der Waals surface area contributed by atoms with Crippen LogP contribution in [0.25, 0.3) is 0 Å². The van der Waals surface area contributed by atoms with Crippen molar-refractivity contribution >= 4 is 49.2 Å². The van der Waals surface area contributed by atoms with E-state index in [-0.39, 0.29) is 5.69 Å². The standard InChI is InChI=1S/C16H13N5O9S2/c17-8-1-6-11(12(7-8)32(28,29)30)18-19-13-14(16(23)24)20-21(15(13)22)9-2-4-10(5-3-9)31(25,26)27/h1-7,13-14,20H,(H,23,24)(H,25,26,27)(H,28,29,30). The number of hydrogen-bond donors (Lipinski definition) is 4. The summed E-state index contributed by atoms with van der Waals surface area (Å²) in [6.45, 7) is 0. The number of amides is 1. The normalized spacial score (nSPS) is 19.6. The van der Waals surface area contributed by atoms with Crippen LogP contribution in [0.5, 0.6) is 0 Å². The first-order valence-electron chi connectivity index (χ1n) is 8.41. The highest BCUT2D eigenvalue weighted by Crippen LogP contribution is 2.29. The number of carbonyl (C=O) groups excluding carboxylic acids is 1. The molecule has 2 atom stereocenters. The zero-order valence-electron chi connectivity index (χ0n) is 15.6. The molecule has 2 unspecified atom stereocenters. The molecule has 2 aromatic rings. The Labute approximate surface area is 180 Å². The van der Waals surface area contributed by atoms with Gasteiger partial charge >= 0.3 is 5.97 Å². The van der Waals surface area contributed by atoms with E-state index in [1.807, 2.05) is 0 Å². The molecule has 1 saturated heterocycles. The Hall–Kier alpha value is -3.44. The van der Waals surface area contributed by atoms with Gasteiger partial charge in [0.05, 0.1) is 16.3 Å². The fourth-order valence-electron chi connectivity index (χ4n) is 2.74. The number of aliphatic carboxylic acids is 1. The fraction of sp³-hybridized carbons (Fsp3) is 0.125. The van der Waals surface area contributed by atoms with Gasteiger partial charge in [-0.05, 0) is 42.5 Å². The Bertz CT molecular complexity index is 1320. The van der Waals surface area contributed by atoms with Crippen molar-refractivity contribution in [2.24, 2.45) is 10.2 Å². The Morgan fingerprint density at radius 1 is 1.03 bits per heavy atom. The minimum absolute atomic E-state index is 0.0228. The second-order valence-electron chi connectivity index (χ2n) is 6.38. The number of hydrazine groups is 1. The number of azo groups is 1. The van der Waals surface area contributed by atoms with Crippen molar-refractivity contribution in [3.63, 3.8) is 0 Å². The van der Waals surface area contributed by atoms with E-state index in [1.165, 1.54) is 0 Å². The SMILES string of the molecule is [N]c1ccc(N=NC2C(=O)N(c3ccc(S(=O)(=O)O)cc3)NC2C(=O)O)c(S(=O)(=O)O)c1. The highest BCUT2D eigenvalue weighted by molar-refractivity contribution is 7.86. The van der Waals surface area contributed by atoms with Gasteiger partial charge in [0.25, 0.3) is 26.1 Å². The van der Waals surface area contributed by atoms with Crippen LogP contribution in [0, 0.1) is 0 Å². The van der Waals surface area contributed by atoms with E-state index in [0.717, 1.165) is 41.4 Å². The molecule has 1 heterocycles. The van der Waals surface area contributed by atoms with Crippen LogP contribution in [-0.4, -0.2) is 55.0 Å². The summed E-state index contributed by atoms with van der Waals surface area (Å²) < 4.78 is 63.5. The van der Waals surface area contributed by atoms with Gasteiger partial charge in [-0.2, -0.15) is 32.8 Å². The zero-order valence-corrected chi connectivity index (χ0v) is 17.2. The van der Waals surface area contributed by atoms with Gasteiger partial charge in [-0.1, -0.05) is 0 Å². The lowest BCUT2D eigenvalue weighted by atomic mass is 10.1. The summed E-state index contributed by atoms with van der Waals surface area (Å²) in [6, 6.07) is 3.64. The topological polar surface area (TPSA) is 225 Å². The third kappa shape index (κ3) is 4.73. The highest BCUT2D eigenvalue weighted by Gasteiger charge is 2.45. The van der Waals surface area contributed by atoms with Crippen LogP contribution in [0.1, 0.15) is 0 Å². The van der Waals surface area contributed by atoms with Crippen LogP contribution in [0.3, 0.4) is 0 Å². The predicted molar refractivity (Wildman–Crippen MR) is 105 cm³/mol. The van der Waals surface area contributed by atoms with E-state index in [2.05, 4.69) is 15.7 Å². The molecule has 14 nitrogen and oxygen atoms in total. The number of nitrogens with one attached hydrogen (secondary N) is 1. The van der Waals surface area contributed by atoms with Crippen LogP contribution < -0.4 is 16.2 Å². The molecular weight excluding hydrogens is 470 g/mol. The Morgan fingerprint density at radius 3 is 2.19 bits per heavy atom. The molecule has 1 aliphatic rings. The molecule has 1 fully saturated rings. The van der Waals surface area contributed by atoms with E-state index in [9.17, 15) is 41.8 Å². The molecule has 2 aromatic carbocycles. The van der Waals surface area contributed by atoms with Crippen LogP contribution in [0.15, 0.2) is 62.5 Å². The Morgan fingerprint density at radius 2 is 1.66 bits per heavy atom. The molecule has 1 aliphatic heterocycles. The second-order valence-corrected chi connectivity index (χ2v) is 9.19. The maximum atomic E-state index is 12.7. The molecule has 0 aromatic heterocycles. The molecule has 168 valence electrons. The number of rotatable bonds is 6. The van der Waals surface area contributed by atoms with Crippen LogP contribution in [-0.2, 0) is 29.8 Å². The first-order chi connectivity index (χ1) is 14.8. The summed E-state index contributed by atoms with van der Waals surface area (Å²) in [7, 11) is -9.31. The molecule has 4 N–H and O–H groups in total. The molecule has 16 heteroatoms. The number of hydrogen-bond acceptors (Lipinski definition) is 9. The third-order valence-corrected chi connectivity index (χ3v) is 5.98. The Balaban J connectivity index is 1.95. The van der Waals surface area contributed by atoms with Crippen molar-refractivity contribution in [2.45, 2.75) is 21.9 Å². The molecule has 32 heavy (non-hydrogen) atoms. The third-order valence-electron chi connectivity index (χ3n) is 4.23. The van der Waals surface area contributed by atoms with Crippen molar-refractivity contribution in [1.82, 2.24) is 11.2 Å². The van der Waals surface area contributed by atoms with Gasteiger partial charge in [0.2, 0.25) is 0 Å². The summed E-state index contributed by atoms with van der Waals surface area (Å²) in [6.07, 6.45) is 0. The van der Waals surface area contributed by atoms with Crippen molar-refractivity contribution in [1.29, 1.82) is 0 Å². The maximum absolute atomic E-state index is 12.7. The minimum Gasteiger partial charge on any atom is -0.480 e. The van der Waals surface area contributed by atoms with Gasteiger partial charge in [0.15, 0.2) is 12.1 Å². The van der Waals surface area contributed by atoms with Gasteiger partial charge in [0, 0.05) is 0 Å². The predicted octanol–water partition coefficient (Wildman–Crippen LogP) is 0.337. The van der Waals surface area contributed by atoms with E-state index in [4.69, 9.17) is 4.55 Å². The number of carboxylic acids is 1. The van der Waals surface area contributed by atoms with Gasteiger partial charge in [-0.3, -0.25) is 18.7 Å². The van der Waals surface area contributed by atoms with Crippen molar-refractivity contribution in [3.05, 3.63) is 42.5 Å². The number of anilines is 1. The van der Waals surface area contributed by atoms with Crippen molar-refractivity contribution < 1.29 is 40.6 Å². The van der Waals surface area contributed by atoms with Gasteiger partial charge in [0.1, 0.15) is 10.6 Å². The number of carbonyl (C=O) groups is 2. The van der Waals surface area contributed by atoms with Crippen LogP contribution in [0.4, 0.5) is 17.1 Å². The van der Waals surface area contributed by atoms with Crippen LogP contribution in [0.2, 0.25) is 0 Å². The molecule has 0 bridgehead atoms. The maximum Gasteiger partial charge on any atom is 0.325 e. The summed E-state index contributed by atoms with van der Waals surface area (Å²) >= 11 is 0. The minimum atomic E-state index is -4.83. The average molecular weight is 483 g/mol. The summed E-state index contributed by atoms with van der Waals surface area (Å²) in [5, 5.41) is 17.4. The molecule has 0 aliphatic carbocycles. The number of nitrogens with zero attached hydrogens (tertiary/aromatic N) is 4. The smallest absolute Gasteiger partial charge is 0.325 e. The van der Waals surface area contributed by atoms with Crippen molar-refractivity contribution in [3.8, 4) is 0 Å². The summed E-state index contributed by atoms with van der Waals surface area (Å²) in [5.74, 6) is -2.42. The zero-order chi connectivity index (χ0) is 23.8. The highest BCUT2D eigenvalue weighted by atomic mass is 32.2. The number of carboxylic acid groups (broad SMARTS) is 1. The Kier molecular flexibility index (Phi) is 5.98. The monoisotopic (exact) mass is 483 g/mol. The van der Waals surface area contributed by atoms with Crippen LogP contribution >= 0.6 is 0 Å². The molecule has 1 amide bonds. The molecular formula is C16H13N5O9S2. The van der Waals surface area contributed by atoms with Gasteiger partial charge in [-0.15, -0.1) is 0 Å². The molecule has 0 saturated carbocycles. The quantitative estimate of drug-likeness (QED) is 0.325. The molecule has 0 spiro atoms. The van der Waals surface area contributed by atoms with E-state index >= 15 is 0 Å². The van der Waals surface area contributed by atoms with E-state index in [1.54, 1.807) is 0 Å². The molecule has 3 rings (SSSR count). The summed E-state index contributed by atoms with van der Waals surface area (Å²) in [4.78, 5) is 23.0.